The molecule has 26 heavy (non-hydrogen) atoms. The summed E-state index contributed by atoms with van der Waals surface area (Å²) in [6.07, 6.45) is -0.566. The van der Waals surface area contributed by atoms with Crippen LogP contribution in [-0.4, -0.2) is 86.4 Å². The van der Waals surface area contributed by atoms with Gasteiger partial charge >= 0.3 is 0 Å². The lowest BCUT2D eigenvalue weighted by Crippen LogP contribution is -2.49. The van der Waals surface area contributed by atoms with E-state index < -0.39 is 17.2 Å². The van der Waals surface area contributed by atoms with Crippen LogP contribution in [-0.2, 0) is 11.1 Å². The van der Waals surface area contributed by atoms with Gasteiger partial charge in [0.1, 0.15) is 18.5 Å². The van der Waals surface area contributed by atoms with E-state index in [1.165, 1.54) is 0 Å². The predicted molar refractivity (Wildman–Crippen MR) is 103 cm³/mol. The lowest BCUT2D eigenvalue weighted by molar-refractivity contribution is 0.0472. The molecule has 0 aliphatic carbocycles. The molecule has 1 saturated heterocycles. The Kier molecular flexibility index (Phi) is 6.96. The number of thiazole rings is 1. The molecule has 7 nitrogen and oxygen atoms in total. The molecule has 0 bridgehead atoms. The highest BCUT2D eigenvalue weighted by atomic mass is 32.2. The van der Waals surface area contributed by atoms with Gasteiger partial charge in [-0.25, -0.2) is 4.98 Å². The molecule has 2 heterocycles. The van der Waals surface area contributed by atoms with Crippen LogP contribution in [0.4, 0.5) is 0 Å². The molecule has 0 saturated carbocycles. The summed E-state index contributed by atoms with van der Waals surface area (Å²) in [6.45, 7) is 6.65. The second-order valence-corrected chi connectivity index (χ2v) is 8.73. The van der Waals surface area contributed by atoms with Crippen LogP contribution in [0.3, 0.4) is 0 Å². The molecule has 0 amide bonds. The average Bonchev–Trinajstić information content (AvgIpc) is 2.98. The number of fused-ring (bicyclic) bond motifs is 1. The summed E-state index contributed by atoms with van der Waals surface area (Å²) < 4.78 is 28.1. The van der Waals surface area contributed by atoms with E-state index in [1.807, 2.05) is 25.1 Å². The summed E-state index contributed by atoms with van der Waals surface area (Å²) in [5.74, 6) is 0.900. The van der Waals surface area contributed by atoms with E-state index in [-0.39, 0.29) is 12.4 Å². The van der Waals surface area contributed by atoms with Crippen molar-refractivity contribution >= 4 is 32.6 Å². The summed E-state index contributed by atoms with van der Waals surface area (Å²) in [6, 6.07) is 5.81. The number of piperazine rings is 1. The Balaban J connectivity index is 1.40. The maximum Gasteiger partial charge on any atom is 0.121 e. The van der Waals surface area contributed by atoms with Crippen LogP contribution >= 0.6 is 11.3 Å². The largest absolute Gasteiger partial charge is 0.772 e. The lowest BCUT2D eigenvalue weighted by Gasteiger charge is -2.35. The topological polar surface area (TPSA) is 89.0 Å². The number of benzene rings is 1. The molecule has 1 aromatic heterocycles. The number of hydrogen-bond donors (Lipinski definition) is 1. The van der Waals surface area contributed by atoms with Crippen LogP contribution in [0.15, 0.2) is 18.2 Å². The van der Waals surface area contributed by atoms with Crippen molar-refractivity contribution < 1.29 is 18.6 Å². The molecule has 1 N–H and O–H groups in total. The fraction of sp³-hybridized carbons (Fsp3) is 0.588. The third-order valence-corrected chi connectivity index (χ3v) is 5.88. The first-order chi connectivity index (χ1) is 12.5. The zero-order chi connectivity index (χ0) is 18.5. The molecule has 0 spiro atoms. The summed E-state index contributed by atoms with van der Waals surface area (Å²) in [5.41, 5.74) is 0.926. The molecule has 2 atom stereocenters. The predicted octanol–water partition coefficient (Wildman–Crippen LogP) is 0.841. The Morgan fingerprint density at radius 3 is 2.81 bits per heavy atom. The number of aryl methyl sites for hydroxylation is 1. The van der Waals surface area contributed by atoms with Crippen molar-refractivity contribution in [2.24, 2.45) is 0 Å². The quantitative estimate of drug-likeness (QED) is 0.659. The highest BCUT2D eigenvalue weighted by Crippen LogP contribution is 2.25. The lowest BCUT2D eigenvalue weighted by atomic mass is 10.2. The summed E-state index contributed by atoms with van der Waals surface area (Å²) in [4.78, 5) is 8.78. The number of aliphatic hydroxyl groups is 1. The number of hydrogen-bond acceptors (Lipinski definition) is 8. The summed E-state index contributed by atoms with van der Waals surface area (Å²) in [5, 5.41) is 11.3. The minimum Gasteiger partial charge on any atom is -0.772 e. The van der Waals surface area contributed by atoms with Crippen LogP contribution in [0.1, 0.15) is 5.01 Å². The fourth-order valence-electron chi connectivity index (χ4n) is 3.05. The molecule has 1 fully saturated rings. The van der Waals surface area contributed by atoms with E-state index in [2.05, 4.69) is 14.8 Å². The van der Waals surface area contributed by atoms with Crippen molar-refractivity contribution in [2.45, 2.75) is 13.0 Å². The third kappa shape index (κ3) is 5.70. The number of aliphatic hydroxyl groups excluding tert-OH is 1. The van der Waals surface area contributed by atoms with Crippen molar-refractivity contribution in [2.75, 3.05) is 51.6 Å². The number of nitrogens with zero attached hydrogens (tertiary/aromatic N) is 3. The van der Waals surface area contributed by atoms with Gasteiger partial charge in [0.05, 0.1) is 15.2 Å². The van der Waals surface area contributed by atoms with E-state index in [0.717, 1.165) is 47.2 Å². The van der Waals surface area contributed by atoms with E-state index in [0.29, 0.717) is 13.1 Å². The zero-order valence-electron chi connectivity index (χ0n) is 14.8. The molecule has 1 aromatic carbocycles. The van der Waals surface area contributed by atoms with E-state index in [9.17, 15) is 13.9 Å². The molecule has 0 radical (unpaired) electrons. The number of rotatable bonds is 8. The molecule has 2 aromatic rings. The Labute approximate surface area is 159 Å². The van der Waals surface area contributed by atoms with Crippen LogP contribution < -0.4 is 4.74 Å². The van der Waals surface area contributed by atoms with Gasteiger partial charge in [-0.2, -0.15) is 0 Å². The first kappa shape index (κ1) is 19.7. The minimum absolute atomic E-state index is 0.180. The average molecular weight is 399 g/mol. The van der Waals surface area contributed by atoms with Crippen LogP contribution in [0.5, 0.6) is 5.75 Å². The highest BCUT2D eigenvalue weighted by molar-refractivity contribution is 7.79. The van der Waals surface area contributed by atoms with Gasteiger partial charge in [0.15, 0.2) is 0 Å². The molecular weight excluding hydrogens is 374 g/mol. The number of ether oxygens (including phenoxy) is 1. The van der Waals surface area contributed by atoms with E-state index in [4.69, 9.17) is 4.74 Å². The molecular formula is C17H24N3O4S2-. The third-order valence-electron chi connectivity index (χ3n) is 4.42. The first-order valence-electron chi connectivity index (χ1n) is 8.68. The van der Waals surface area contributed by atoms with Gasteiger partial charge in [0, 0.05) is 51.1 Å². The molecule has 3 rings (SSSR count). The summed E-state index contributed by atoms with van der Waals surface area (Å²) in [7, 11) is 0. The van der Waals surface area contributed by atoms with Crippen LogP contribution in [0, 0.1) is 6.92 Å². The SMILES string of the molecule is Cc1nc2cc(OCC(O)CN3CCN(CCS(=O)[O-])CC3)ccc2s1. The Morgan fingerprint density at radius 2 is 2.08 bits per heavy atom. The minimum atomic E-state index is -1.98. The van der Waals surface area contributed by atoms with Crippen LogP contribution in [0.25, 0.3) is 10.2 Å². The fourth-order valence-corrected chi connectivity index (χ4v) is 4.27. The second-order valence-electron chi connectivity index (χ2n) is 6.48. The van der Waals surface area contributed by atoms with Crippen molar-refractivity contribution in [3.8, 4) is 5.75 Å². The van der Waals surface area contributed by atoms with Gasteiger partial charge in [-0.05, 0) is 19.1 Å². The van der Waals surface area contributed by atoms with Gasteiger partial charge in [0.2, 0.25) is 0 Å². The smallest absolute Gasteiger partial charge is 0.121 e. The van der Waals surface area contributed by atoms with Crippen molar-refractivity contribution in [1.82, 2.24) is 14.8 Å². The highest BCUT2D eigenvalue weighted by Gasteiger charge is 2.19. The van der Waals surface area contributed by atoms with Gasteiger partial charge < -0.3 is 14.4 Å². The van der Waals surface area contributed by atoms with Crippen molar-refractivity contribution in [3.05, 3.63) is 23.2 Å². The van der Waals surface area contributed by atoms with Crippen LogP contribution in [0.2, 0.25) is 0 Å². The monoisotopic (exact) mass is 398 g/mol. The van der Waals surface area contributed by atoms with E-state index in [1.54, 1.807) is 11.3 Å². The number of β-amino-alcohol motifs (C(OH)–C–C–N with tert-alkyl or cyclic N) is 1. The summed E-state index contributed by atoms with van der Waals surface area (Å²) >= 11 is -0.327. The molecule has 1 aliphatic heterocycles. The van der Waals surface area contributed by atoms with Gasteiger partial charge in [-0.1, -0.05) is 11.1 Å². The van der Waals surface area contributed by atoms with Gasteiger partial charge in [0.25, 0.3) is 0 Å². The maximum atomic E-state index is 10.6. The Hall–Kier alpha value is -1.10. The Morgan fingerprint density at radius 1 is 1.35 bits per heavy atom. The second kappa shape index (κ2) is 9.20. The van der Waals surface area contributed by atoms with Crippen molar-refractivity contribution in [3.63, 3.8) is 0 Å². The van der Waals surface area contributed by atoms with E-state index >= 15 is 0 Å². The molecule has 1 aliphatic rings. The molecule has 9 heteroatoms. The van der Waals surface area contributed by atoms with Crippen molar-refractivity contribution in [1.29, 1.82) is 0 Å². The molecule has 144 valence electrons. The van der Waals surface area contributed by atoms with Gasteiger partial charge in [-0.3, -0.25) is 14.0 Å². The standard InChI is InChI=1S/C17H25N3O4S2/c1-13-18-16-10-15(2-3-17(16)25-13)24-12-14(21)11-20-6-4-19(5-7-20)8-9-26(22)23/h2-3,10,14,21H,4-9,11-12H2,1H3,(H,22,23)/p-1. The molecule has 2 unspecified atom stereocenters. The Bertz CT molecular complexity index is 747. The zero-order valence-corrected chi connectivity index (χ0v) is 16.4. The first-order valence-corrected chi connectivity index (χ1v) is 10.7. The van der Waals surface area contributed by atoms with Gasteiger partial charge in [-0.15, -0.1) is 11.3 Å². The number of aromatic nitrogens is 1. The maximum absolute atomic E-state index is 10.6. The normalized spacial score (nSPS) is 18.9.